The molecule has 1 aliphatic heterocycles. The second-order valence-corrected chi connectivity index (χ2v) is 4.87. The molecule has 0 saturated carbocycles. The van der Waals surface area contributed by atoms with Crippen molar-refractivity contribution in [3.63, 3.8) is 0 Å². The average Bonchev–Trinajstić information content (AvgIpc) is 2.80. The fraction of sp³-hybridized carbons (Fsp3) is 0.600. The van der Waals surface area contributed by atoms with Gasteiger partial charge in [-0.2, -0.15) is 0 Å². The number of hydrogen-bond donors (Lipinski definition) is 1. The molecular weight excluding hydrogens is 242 g/mol. The number of aliphatic hydroxyl groups is 1. The number of rotatable bonds is 6. The molecule has 0 aliphatic carbocycles. The Morgan fingerprint density at radius 2 is 2.26 bits per heavy atom. The predicted molar refractivity (Wildman–Crippen MR) is 74.4 cm³/mol. The average molecular weight is 265 g/mol. The van der Waals surface area contributed by atoms with Gasteiger partial charge in [-0.25, -0.2) is 0 Å². The number of β-amino-alcohol motifs (C(OH)–C–C–N with tert-alkyl or cyclic N) is 1. The van der Waals surface area contributed by atoms with Crippen molar-refractivity contribution in [2.24, 2.45) is 0 Å². The van der Waals surface area contributed by atoms with Crippen molar-refractivity contribution in [3.05, 3.63) is 29.8 Å². The Labute approximate surface area is 114 Å². The molecule has 1 fully saturated rings. The van der Waals surface area contributed by atoms with Gasteiger partial charge in [0.15, 0.2) is 0 Å². The smallest absolute Gasteiger partial charge is 0.119 e. The molecule has 0 bridgehead atoms. The van der Waals surface area contributed by atoms with Crippen LogP contribution < -0.4 is 4.74 Å². The normalized spacial score (nSPS) is 23.7. The summed E-state index contributed by atoms with van der Waals surface area (Å²) in [5.74, 6) is 0.864. The van der Waals surface area contributed by atoms with Gasteiger partial charge in [0.25, 0.3) is 0 Å². The molecule has 4 nitrogen and oxygen atoms in total. The molecule has 4 heteroatoms. The Bertz CT molecular complexity index is 397. The molecule has 106 valence electrons. The highest BCUT2D eigenvalue weighted by molar-refractivity contribution is 5.31. The zero-order valence-electron chi connectivity index (χ0n) is 11.7. The molecular formula is C15H23NO3. The van der Waals surface area contributed by atoms with E-state index in [0.29, 0.717) is 6.61 Å². The first-order valence-corrected chi connectivity index (χ1v) is 6.88. The van der Waals surface area contributed by atoms with Crippen molar-refractivity contribution in [2.45, 2.75) is 25.5 Å². The van der Waals surface area contributed by atoms with Crippen LogP contribution in [0, 0.1) is 0 Å². The van der Waals surface area contributed by atoms with Gasteiger partial charge >= 0.3 is 0 Å². The molecule has 1 aliphatic rings. The molecule has 1 N–H and O–H groups in total. The first-order chi connectivity index (χ1) is 9.24. The molecule has 0 amide bonds. The maximum Gasteiger partial charge on any atom is 0.119 e. The highest BCUT2D eigenvalue weighted by Gasteiger charge is 2.31. The van der Waals surface area contributed by atoms with E-state index in [2.05, 4.69) is 17.0 Å². The standard InChI is InChI=1S/C15H23NO3/c1-3-19-8-7-16-11-13(17)10-15(16)12-5-4-6-14(9-12)18-2/h4-6,9,13,15,17H,3,7-8,10-11H2,1-2H3. The van der Waals surface area contributed by atoms with Gasteiger partial charge in [0.05, 0.1) is 19.8 Å². The summed E-state index contributed by atoms with van der Waals surface area (Å²) < 4.78 is 10.7. The van der Waals surface area contributed by atoms with E-state index < -0.39 is 0 Å². The third kappa shape index (κ3) is 3.69. The molecule has 1 saturated heterocycles. The summed E-state index contributed by atoms with van der Waals surface area (Å²) in [5.41, 5.74) is 1.20. The molecule has 1 heterocycles. The van der Waals surface area contributed by atoms with Crippen LogP contribution in [-0.2, 0) is 4.74 Å². The lowest BCUT2D eigenvalue weighted by molar-refractivity contribution is 0.103. The summed E-state index contributed by atoms with van der Waals surface area (Å²) in [4.78, 5) is 2.29. The van der Waals surface area contributed by atoms with E-state index in [-0.39, 0.29) is 12.1 Å². The van der Waals surface area contributed by atoms with Gasteiger partial charge in [0.2, 0.25) is 0 Å². The van der Waals surface area contributed by atoms with E-state index in [0.717, 1.165) is 31.9 Å². The third-order valence-electron chi connectivity index (χ3n) is 3.59. The molecule has 2 atom stereocenters. The number of benzene rings is 1. The fourth-order valence-corrected chi connectivity index (χ4v) is 2.65. The zero-order valence-corrected chi connectivity index (χ0v) is 11.7. The first kappa shape index (κ1) is 14.3. The minimum atomic E-state index is -0.252. The maximum atomic E-state index is 9.90. The summed E-state index contributed by atoms with van der Waals surface area (Å²) >= 11 is 0. The lowest BCUT2D eigenvalue weighted by atomic mass is 10.0. The first-order valence-electron chi connectivity index (χ1n) is 6.88. The number of nitrogens with zero attached hydrogens (tertiary/aromatic N) is 1. The predicted octanol–water partition coefficient (Wildman–Crippen LogP) is 1.84. The highest BCUT2D eigenvalue weighted by atomic mass is 16.5. The van der Waals surface area contributed by atoms with Crippen molar-refractivity contribution in [1.29, 1.82) is 0 Å². The van der Waals surface area contributed by atoms with Gasteiger partial charge in [-0.1, -0.05) is 12.1 Å². The van der Waals surface area contributed by atoms with Crippen molar-refractivity contribution in [3.8, 4) is 5.75 Å². The number of aliphatic hydroxyl groups excluding tert-OH is 1. The molecule has 19 heavy (non-hydrogen) atoms. The molecule has 1 aromatic rings. The van der Waals surface area contributed by atoms with Crippen LogP contribution in [0.2, 0.25) is 0 Å². The summed E-state index contributed by atoms with van der Waals surface area (Å²) in [7, 11) is 1.68. The van der Waals surface area contributed by atoms with Crippen LogP contribution in [0.1, 0.15) is 24.9 Å². The van der Waals surface area contributed by atoms with Crippen LogP contribution in [0.15, 0.2) is 24.3 Å². The number of likely N-dealkylation sites (tertiary alicyclic amines) is 1. The summed E-state index contributed by atoms with van der Waals surface area (Å²) in [6.07, 6.45) is 0.525. The van der Waals surface area contributed by atoms with E-state index in [9.17, 15) is 5.11 Å². The quantitative estimate of drug-likeness (QED) is 0.797. The Hall–Kier alpha value is -1.10. The maximum absolute atomic E-state index is 9.90. The van der Waals surface area contributed by atoms with Gasteiger partial charge in [0, 0.05) is 25.7 Å². The molecule has 0 spiro atoms. The molecule has 0 aromatic heterocycles. The molecule has 2 unspecified atom stereocenters. The Kier molecular flexibility index (Phi) is 5.19. The lowest BCUT2D eigenvalue weighted by Crippen LogP contribution is -2.28. The Balaban J connectivity index is 2.06. The van der Waals surface area contributed by atoms with Crippen LogP contribution >= 0.6 is 0 Å². The fourth-order valence-electron chi connectivity index (χ4n) is 2.65. The van der Waals surface area contributed by atoms with Gasteiger partial charge in [-0.15, -0.1) is 0 Å². The number of hydrogen-bond acceptors (Lipinski definition) is 4. The topological polar surface area (TPSA) is 41.9 Å². The molecule has 0 radical (unpaired) electrons. The van der Waals surface area contributed by atoms with Crippen LogP contribution in [-0.4, -0.2) is 49.5 Å². The Morgan fingerprint density at radius 1 is 1.42 bits per heavy atom. The van der Waals surface area contributed by atoms with Gasteiger partial charge in [-0.05, 0) is 31.0 Å². The highest BCUT2D eigenvalue weighted by Crippen LogP contribution is 2.33. The van der Waals surface area contributed by atoms with Crippen molar-refractivity contribution in [1.82, 2.24) is 4.90 Å². The third-order valence-corrected chi connectivity index (χ3v) is 3.59. The monoisotopic (exact) mass is 265 g/mol. The minimum Gasteiger partial charge on any atom is -0.497 e. The second-order valence-electron chi connectivity index (χ2n) is 4.87. The number of methoxy groups -OCH3 is 1. The van der Waals surface area contributed by atoms with Gasteiger partial charge < -0.3 is 14.6 Å². The largest absolute Gasteiger partial charge is 0.497 e. The van der Waals surface area contributed by atoms with E-state index in [1.807, 2.05) is 19.1 Å². The van der Waals surface area contributed by atoms with Gasteiger partial charge in [-0.3, -0.25) is 4.90 Å². The summed E-state index contributed by atoms with van der Waals surface area (Å²) in [6, 6.07) is 8.35. The van der Waals surface area contributed by atoms with Gasteiger partial charge in [0.1, 0.15) is 5.75 Å². The minimum absolute atomic E-state index is 0.252. The van der Waals surface area contributed by atoms with Crippen molar-refractivity contribution < 1.29 is 14.6 Å². The van der Waals surface area contributed by atoms with Crippen LogP contribution in [0.25, 0.3) is 0 Å². The van der Waals surface area contributed by atoms with Crippen molar-refractivity contribution >= 4 is 0 Å². The van der Waals surface area contributed by atoms with E-state index in [1.54, 1.807) is 7.11 Å². The number of ether oxygens (including phenoxy) is 2. The lowest BCUT2D eigenvalue weighted by Gasteiger charge is -2.24. The Morgan fingerprint density at radius 3 is 3.00 bits per heavy atom. The summed E-state index contributed by atoms with van der Waals surface area (Å²) in [6.45, 7) is 5.02. The molecule has 1 aromatic carbocycles. The van der Waals surface area contributed by atoms with Crippen LogP contribution in [0.3, 0.4) is 0 Å². The SMILES string of the molecule is CCOCCN1CC(O)CC1c1cccc(OC)c1. The second kappa shape index (κ2) is 6.89. The van der Waals surface area contributed by atoms with E-state index in [1.165, 1.54) is 5.56 Å². The van der Waals surface area contributed by atoms with Crippen molar-refractivity contribution in [2.75, 3.05) is 33.4 Å². The zero-order chi connectivity index (χ0) is 13.7. The summed E-state index contributed by atoms with van der Waals surface area (Å²) in [5, 5.41) is 9.90. The van der Waals surface area contributed by atoms with E-state index in [4.69, 9.17) is 9.47 Å². The van der Waals surface area contributed by atoms with E-state index >= 15 is 0 Å². The van der Waals surface area contributed by atoms with Crippen LogP contribution in [0.5, 0.6) is 5.75 Å². The van der Waals surface area contributed by atoms with Crippen LogP contribution in [0.4, 0.5) is 0 Å². The molecule has 2 rings (SSSR count).